The summed E-state index contributed by atoms with van der Waals surface area (Å²) >= 11 is 6.16. The zero-order chi connectivity index (χ0) is 12.4. The fourth-order valence-electron chi connectivity index (χ4n) is 1.61. The van der Waals surface area contributed by atoms with Gasteiger partial charge in [0.15, 0.2) is 0 Å². The summed E-state index contributed by atoms with van der Waals surface area (Å²) in [5.74, 6) is 0.741. The van der Waals surface area contributed by atoms with Crippen molar-refractivity contribution in [1.29, 1.82) is 0 Å². The molecule has 0 radical (unpaired) electrons. The Balaban J connectivity index is 2.56. The number of carbonyl (C=O) groups is 1. The van der Waals surface area contributed by atoms with Gasteiger partial charge in [0.2, 0.25) is 0 Å². The van der Waals surface area contributed by atoms with Crippen molar-refractivity contribution in [3.63, 3.8) is 0 Å². The molecule has 4 heteroatoms. The van der Waals surface area contributed by atoms with E-state index in [0.717, 1.165) is 16.5 Å². The van der Waals surface area contributed by atoms with Crippen molar-refractivity contribution in [1.82, 2.24) is 0 Å². The number of fused-ring (bicyclic) bond motifs is 1. The third-order valence-electron chi connectivity index (χ3n) is 2.38. The summed E-state index contributed by atoms with van der Waals surface area (Å²) in [6.45, 7) is 1.34. The average molecular weight is 251 g/mol. The molecule has 0 aliphatic heterocycles. The van der Waals surface area contributed by atoms with Crippen LogP contribution in [0.2, 0.25) is 5.02 Å². The molecule has 0 N–H and O–H groups in total. The van der Waals surface area contributed by atoms with E-state index in [0.29, 0.717) is 10.8 Å². The van der Waals surface area contributed by atoms with Crippen molar-refractivity contribution >= 4 is 28.3 Å². The van der Waals surface area contributed by atoms with Crippen LogP contribution in [0.3, 0.4) is 0 Å². The zero-order valence-corrected chi connectivity index (χ0v) is 10.2. The van der Waals surface area contributed by atoms with Crippen LogP contribution >= 0.6 is 11.6 Å². The second-order valence-electron chi connectivity index (χ2n) is 3.56. The molecule has 0 fully saturated rings. The van der Waals surface area contributed by atoms with E-state index in [1.165, 1.54) is 6.92 Å². The number of methoxy groups -OCH3 is 1. The Morgan fingerprint density at radius 1 is 1.24 bits per heavy atom. The van der Waals surface area contributed by atoms with E-state index in [1.807, 2.05) is 24.3 Å². The molecule has 0 saturated carbocycles. The first-order chi connectivity index (χ1) is 8.11. The third-order valence-corrected chi connectivity index (χ3v) is 2.77. The predicted molar refractivity (Wildman–Crippen MR) is 66.8 cm³/mol. The van der Waals surface area contributed by atoms with Gasteiger partial charge in [-0.3, -0.25) is 4.79 Å². The molecule has 88 valence electrons. The van der Waals surface area contributed by atoms with Crippen LogP contribution in [0.4, 0.5) is 0 Å². The molecule has 2 aromatic carbocycles. The maximum atomic E-state index is 10.9. The number of ether oxygens (including phenoxy) is 2. The first-order valence-corrected chi connectivity index (χ1v) is 5.44. The predicted octanol–water partition coefficient (Wildman–Crippen LogP) is 3.43. The second-order valence-corrected chi connectivity index (χ2v) is 3.94. The normalized spacial score (nSPS) is 10.3. The molecule has 0 heterocycles. The van der Waals surface area contributed by atoms with Crippen LogP contribution < -0.4 is 9.47 Å². The van der Waals surface area contributed by atoms with E-state index in [2.05, 4.69) is 0 Å². The number of halogens is 1. The van der Waals surface area contributed by atoms with Crippen LogP contribution in [0, 0.1) is 0 Å². The first-order valence-electron chi connectivity index (χ1n) is 5.06. The summed E-state index contributed by atoms with van der Waals surface area (Å²) in [4.78, 5) is 10.9. The molecule has 0 aliphatic carbocycles. The summed E-state index contributed by atoms with van der Waals surface area (Å²) in [5.41, 5.74) is 0. The zero-order valence-electron chi connectivity index (χ0n) is 9.49. The fraction of sp³-hybridized carbons (Fsp3) is 0.154. The van der Waals surface area contributed by atoms with Crippen molar-refractivity contribution in [3.8, 4) is 11.5 Å². The van der Waals surface area contributed by atoms with E-state index in [9.17, 15) is 4.79 Å². The monoisotopic (exact) mass is 250 g/mol. The Morgan fingerprint density at radius 3 is 2.65 bits per heavy atom. The number of benzene rings is 2. The average Bonchev–Trinajstić information content (AvgIpc) is 2.32. The summed E-state index contributed by atoms with van der Waals surface area (Å²) < 4.78 is 10.1. The minimum atomic E-state index is -0.389. The number of esters is 1. The smallest absolute Gasteiger partial charge is 0.308 e. The van der Waals surface area contributed by atoms with Crippen LogP contribution in [0.25, 0.3) is 10.8 Å². The van der Waals surface area contributed by atoms with Crippen LogP contribution in [0.5, 0.6) is 11.5 Å². The number of rotatable bonds is 2. The Kier molecular flexibility index (Phi) is 3.20. The maximum absolute atomic E-state index is 10.9. The Bertz CT molecular complexity index is 578. The second kappa shape index (κ2) is 4.63. The van der Waals surface area contributed by atoms with Gasteiger partial charge < -0.3 is 9.47 Å². The van der Waals surface area contributed by atoms with Gasteiger partial charge in [-0.1, -0.05) is 17.7 Å². The first kappa shape index (κ1) is 11.7. The molecular weight excluding hydrogens is 240 g/mol. The largest absolute Gasteiger partial charge is 0.497 e. The number of hydrogen-bond acceptors (Lipinski definition) is 3. The van der Waals surface area contributed by atoms with Crippen molar-refractivity contribution in [2.45, 2.75) is 6.92 Å². The highest BCUT2D eigenvalue weighted by Gasteiger charge is 2.09. The maximum Gasteiger partial charge on any atom is 0.308 e. The van der Waals surface area contributed by atoms with E-state index < -0.39 is 0 Å². The van der Waals surface area contributed by atoms with Crippen LogP contribution in [-0.2, 0) is 4.79 Å². The Labute approximate surface area is 104 Å². The minimum absolute atomic E-state index is 0.372. The molecule has 0 amide bonds. The highest BCUT2D eigenvalue weighted by Crippen LogP contribution is 2.34. The SMILES string of the molecule is COc1ccc2c(Cl)c(OC(C)=O)ccc2c1. The van der Waals surface area contributed by atoms with Gasteiger partial charge in [0.1, 0.15) is 11.5 Å². The van der Waals surface area contributed by atoms with Crippen LogP contribution in [0.1, 0.15) is 6.92 Å². The third kappa shape index (κ3) is 2.34. The van der Waals surface area contributed by atoms with Crippen molar-refractivity contribution in [3.05, 3.63) is 35.4 Å². The lowest BCUT2D eigenvalue weighted by Gasteiger charge is -2.08. The highest BCUT2D eigenvalue weighted by atomic mass is 35.5. The highest BCUT2D eigenvalue weighted by molar-refractivity contribution is 6.37. The van der Waals surface area contributed by atoms with E-state index >= 15 is 0 Å². The lowest BCUT2D eigenvalue weighted by molar-refractivity contribution is -0.131. The summed E-state index contributed by atoms with van der Waals surface area (Å²) in [5, 5.41) is 2.19. The van der Waals surface area contributed by atoms with Gasteiger partial charge in [0.25, 0.3) is 0 Å². The molecule has 2 rings (SSSR count). The summed E-state index contributed by atoms with van der Waals surface area (Å²) in [7, 11) is 1.61. The lowest BCUT2D eigenvalue weighted by atomic mass is 10.1. The van der Waals surface area contributed by atoms with Crippen molar-refractivity contribution in [2.75, 3.05) is 7.11 Å². The number of hydrogen-bond donors (Lipinski definition) is 0. The van der Waals surface area contributed by atoms with Crippen molar-refractivity contribution in [2.24, 2.45) is 0 Å². The van der Waals surface area contributed by atoms with Gasteiger partial charge in [0.05, 0.1) is 12.1 Å². The topological polar surface area (TPSA) is 35.5 Å². The number of carbonyl (C=O) groups excluding carboxylic acids is 1. The Hall–Kier alpha value is -1.74. The molecule has 2 aromatic rings. The van der Waals surface area contributed by atoms with Gasteiger partial charge in [-0.25, -0.2) is 0 Å². The molecule has 0 unspecified atom stereocenters. The van der Waals surface area contributed by atoms with E-state index in [4.69, 9.17) is 21.1 Å². The van der Waals surface area contributed by atoms with E-state index in [-0.39, 0.29) is 5.97 Å². The lowest BCUT2D eigenvalue weighted by Crippen LogP contribution is -2.01. The van der Waals surface area contributed by atoms with Crippen LogP contribution in [-0.4, -0.2) is 13.1 Å². The molecule has 17 heavy (non-hydrogen) atoms. The van der Waals surface area contributed by atoms with Crippen molar-refractivity contribution < 1.29 is 14.3 Å². The molecule has 0 bridgehead atoms. The van der Waals surface area contributed by atoms with Crippen LogP contribution in [0.15, 0.2) is 30.3 Å². The van der Waals surface area contributed by atoms with Gasteiger partial charge in [0, 0.05) is 12.3 Å². The van der Waals surface area contributed by atoms with E-state index in [1.54, 1.807) is 13.2 Å². The summed E-state index contributed by atoms with van der Waals surface area (Å²) in [6.07, 6.45) is 0. The molecule has 3 nitrogen and oxygen atoms in total. The molecule has 0 aliphatic rings. The van der Waals surface area contributed by atoms with Gasteiger partial charge in [-0.15, -0.1) is 0 Å². The Morgan fingerprint density at radius 2 is 2.00 bits per heavy atom. The quantitative estimate of drug-likeness (QED) is 0.605. The van der Waals surface area contributed by atoms with Gasteiger partial charge in [-0.2, -0.15) is 0 Å². The summed E-state index contributed by atoms with van der Waals surface area (Å²) in [6, 6.07) is 9.03. The fourth-order valence-corrected chi connectivity index (χ4v) is 1.88. The van der Waals surface area contributed by atoms with Gasteiger partial charge >= 0.3 is 5.97 Å². The molecular formula is C13H11ClO3. The van der Waals surface area contributed by atoms with Gasteiger partial charge in [-0.05, 0) is 29.7 Å². The molecule has 0 saturated heterocycles. The molecule has 0 aromatic heterocycles. The standard InChI is InChI=1S/C13H11ClO3/c1-8(15)17-12-6-3-9-7-10(16-2)4-5-11(9)13(12)14/h3-7H,1-2H3. The minimum Gasteiger partial charge on any atom is -0.497 e. The molecule has 0 atom stereocenters. The molecule has 0 spiro atoms.